The number of carbonyl (C=O) groups excluding carboxylic acids is 1. The summed E-state index contributed by atoms with van der Waals surface area (Å²) in [5.41, 5.74) is 1.70. The van der Waals surface area contributed by atoms with Crippen molar-refractivity contribution in [3.8, 4) is 17.0 Å². The van der Waals surface area contributed by atoms with Crippen molar-refractivity contribution in [3.05, 3.63) is 70.6 Å². The molecule has 0 radical (unpaired) electrons. The molecule has 0 bridgehead atoms. The summed E-state index contributed by atoms with van der Waals surface area (Å²) in [6.45, 7) is -0.0762. The molecule has 4 aromatic rings. The van der Waals surface area contributed by atoms with E-state index in [4.69, 9.17) is 4.74 Å². The standard InChI is InChI=1S/C19H14BrN3O2S/c20-14-6-8-15(9-7-14)25-12-16(24)21-18-17(13-4-2-1-3-5-13)22-19-23(18)10-11-26-19/h1-11H,12H2,(H,21,24). The Kier molecular flexibility index (Phi) is 4.73. The lowest BCUT2D eigenvalue weighted by molar-refractivity contribution is -0.118. The van der Waals surface area contributed by atoms with Crippen molar-refractivity contribution in [2.24, 2.45) is 0 Å². The number of hydrogen-bond donors (Lipinski definition) is 1. The smallest absolute Gasteiger partial charge is 0.263 e. The summed E-state index contributed by atoms with van der Waals surface area (Å²) in [4.78, 5) is 17.9. The molecule has 5 nitrogen and oxygen atoms in total. The SMILES string of the molecule is O=C(COc1ccc(Br)cc1)Nc1c(-c2ccccc2)nc2sccn12. The maximum absolute atomic E-state index is 12.4. The van der Waals surface area contributed by atoms with Gasteiger partial charge in [-0.15, -0.1) is 11.3 Å². The molecular weight excluding hydrogens is 414 g/mol. The molecule has 2 aromatic heterocycles. The largest absolute Gasteiger partial charge is 0.484 e. The number of halogens is 1. The van der Waals surface area contributed by atoms with Crippen molar-refractivity contribution in [1.82, 2.24) is 9.38 Å². The van der Waals surface area contributed by atoms with E-state index < -0.39 is 0 Å². The molecule has 7 heteroatoms. The van der Waals surface area contributed by atoms with Crippen LogP contribution in [0.25, 0.3) is 16.2 Å². The number of hydrogen-bond acceptors (Lipinski definition) is 4. The van der Waals surface area contributed by atoms with Crippen LogP contribution < -0.4 is 10.1 Å². The lowest BCUT2D eigenvalue weighted by atomic mass is 10.1. The van der Waals surface area contributed by atoms with Crippen LogP contribution in [0.5, 0.6) is 5.75 Å². The van der Waals surface area contributed by atoms with Gasteiger partial charge in [0.15, 0.2) is 11.6 Å². The van der Waals surface area contributed by atoms with E-state index in [9.17, 15) is 4.79 Å². The molecule has 0 saturated heterocycles. The van der Waals surface area contributed by atoms with Crippen LogP contribution in [-0.4, -0.2) is 21.9 Å². The van der Waals surface area contributed by atoms with Gasteiger partial charge in [0, 0.05) is 21.6 Å². The van der Waals surface area contributed by atoms with Crippen LogP contribution in [0, 0.1) is 0 Å². The molecule has 0 aliphatic heterocycles. The summed E-state index contributed by atoms with van der Waals surface area (Å²) in [7, 11) is 0. The molecule has 0 unspecified atom stereocenters. The molecule has 0 saturated carbocycles. The second-order valence-electron chi connectivity index (χ2n) is 5.52. The topological polar surface area (TPSA) is 55.6 Å². The summed E-state index contributed by atoms with van der Waals surface area (Å²) in [5.74, 6) is 1.05. The summed E-state index contributed by atoms with van der Waals surface area (Å²) < 4.78 is 8.39. The molecule has 2 aromatic carbocycles. The van der Waals surface area contributed by atoms with Crippen LogP contribution in [0.2, 0.25) is 0 Å². The second-order valence-corrected chi connectivity index (χ2v) is 7.31. The molecule has 0 spiro atoms. The second kappa shape index (κ2) is 7.31. The molecule has 0 aliphatic rings. The van der Waals surface area contributed by atoms with Crippen molar-refractivity contribution in [2.45, 2.75) is 0 Å². The van der Waals surface area contributed by atoms with Gasteiger partial charge in [0.25, 0.3) is 5.91 Å². The normalized spacial score (nSPS) is 10.8. The maximum atomic E-state index is 12.4. The summed E-state index contributed by atoms with van der Waals surface area (Å²) in [6, 6.07) is 17.1. The Morgan fingerprint density at radius 2 is 1.92 bits per heavy atom. The number of imidazole rings is 1. The lowest BCUT2D eigenvalue weighted by Gasteiger charge is -2.09. The Hall–Kier alpha value is -2.64. The van der Waals surface area contributed by atoms with Crippen molar-refractivity contribution in [1.29, 1.82) is 0 Å². The van der Waals surface area contributed by atoms with Crippen molar-refractivity contribution in [3.63, 3.8) is 0 Å². The first kappa shape index (κ1) is 16.8. The molecular formula is C19H14BrN3O2S. The van der Waals surface area contributed by atoms with Crippen LogP contribution in [0.15, 0.2) is 70.6 Å². The third-order valence-corrected chi connectivity index (χ3v) is 5.04. The number of amides is 1. The first-order valence-electron chi connectivity index (χ1n) is 7.90. The molecule has 4 rings (SSSR count). The van der Waals surface area contributed by atoms with E-state index in [1.54, 1.807) is 0 Å². The van der Waals surface area contributed by atoms with E-state index in [0.717, 1.165) is 20.7 Å². The highest BCUT2D eigenvalue weighted by Gasteiger charge is 2.17. The molecule has 0 atom stereocenters. The molecule has 26 heavy (non-hydrogen) atoms. The zero-order valence-corrected chi connectivity index (χ0v) is 16.0. The fourth-order valence-electron chi connectivity index (χ4n) is 2.55. The highest BCUT2D eigenvalue weighted by atomic mass is 79.9. The molecule has 0 fully saturated rings. The van der Waals surface area contributed by atoms with Crippen molar-refractivity contribution < 1.29 is 9.53 Å². The molecule has 2 heterocycles. The van der Waals surface area contributed by atoms with Gasteiger partial charge in [-0.05, 0) is 24.3 Å². The number of fused-ring (bicyclic) bond motifs is 1. The Morgan fingerprint density at radius 3 is 2.69 bits per heavy atom. The summed E-state index contributed by atoms with van der Waals surface area (Å²) in [6.07, 6.45) is 1.89. The zero-order chi connectivity index (χ0) is 17.9. The van der Waals surface area contributed by atoms with Crippen molar-refractivity contribution in [2.75, 3.05) is 11.9 Å². The number of benzene rings is 2. The molecule has 130 valence electrons. The van der Waals surface area contributed by atoms with Crippen LogP contribution in [0.4, 0.5) is 5.82 Å². The monoisotopic (exact) mass is 427 g/mol. The first-order valence-corrected chi connectivity index (χ1v) is 9.57. The van der Waals surface area contributed by atoms with E-state index in [0.29, 0.717) is 11.6 Å². The highest BCUT2D eigenvalue weighted by Crippen LogP contribution is 2.30. The summed E-state index contributed by atoms with van der Waals surface area (Å²) >= 11 is 4.89. The van der Waals surface area contributed by atoms with Crippen LogP contribution >= 0.6 is 27.3 Å². The van der Waals surface area contributed by atoms with E-state index in [1.807, 2.05) is 70.6 Å². The van der Waals surface area contributed by atoms with Crippen molar-refractivity contribution >= 4 is 44.0 Å². The average Bonchev–Trinajstić information content (AvgIpc) is 3.25. The number of carbonyl (C=O) groups is 1. The van der Waals surface area contributed by atoms with E-state index in [-0.39, 0.29) is 12.5 Å². The minimum atomic E-state index is -0.238. The molecule has 1 amide bonds. The zero-order valence-electron chi connectivity index (χ0n) is 13.6. The predicted octanol–water partition coefficient (Wildman–Crippen LogP) is 4.84. The van der Waals surface area contributed by atoms with Gasteiger partial charge in [-0.3, -0.25) is 9.20 Å². The fraction of sp³-hybridized carbons (Fsp3) is 0.0526. The maximum Gasteiger partial charge on any atom is 0.263 e. The van der Waals surface area contributed by atoms with Gasteiger partial charge in [-0.2, -0.15) is 0 Å². The Balaban J connectivity index is 1.55. The quantitative estimate of drug-likeness (QED) is 0.495. The number of anilines is 1. The van der Waals surface area contributed by atoms with Gasteiger partial charge < -0.3 is 10.1 Å². The van der Waals surface area contributed by atoms with E-state index >= 15 is 0 Å². The Labute approximate surface area is 162 Å². The first-order chi connectivity index (χ1) is 12.7. The van der Waals surface area contributed by atoms with Crippen LogP contribution in [-0.2, 0) is 4.79 Å². The average molecular weight is 428 g/mol. The minimum Gasteiger partial charge on any atom is -0.484 e. The number of ether oxygens (including phenoxy) is 1. The number of thiazole rings is 1. The minimum absolute atomic E-state index is 0.0762. The fourth-order valence-corrected chi connectivity index (χ4v) is 3.53. The van der Waals surface area contributed by atoms with Gasteiger partial charge in [-0.25, -0.2) is 4.98 Å². The third-order valence-electron chi connectivity index (χ3n) is 3.75. The van der Waals surface area contributed by atoms with Gasteiger partial charge >= 0.3 is 0 Å². The van der Waals surface area contributed by atoms with Crippen LogP contribution in [0.3, 0.4) is 0 Å². The number of nitrogens with one attached hydrogen (secondary N) is 1. The molecule has 0 aliphatic carbocycles. The van der Waals surface area contributed by atoms with E-state index in [1.165, 1.54) is 11.3 Å². The Morgan fingerprint density at radius 1 is 1.15 bits per heavy atom. The highest BCUT2D eigenvalue weighted by molar-refractivity contribution is 9.10. The van der Waals surface area contributed by atoms with Gasteiger partial charge in [0.1, 0.15) is 17.3 Å². The molecule has 1 N–H and O–H groups in total. The number of aromatic nitrogens is 2. The Bertz CT molecular complexity index is 1040. The predicted molar refractivity (Wildman–Crippen MR) is 107 cm³/mol. The lowest BCUT2D eigenvalue weighted by Crippen LogP contribution is -2.21. The van der Waals surface area contributed by atoms with Gasteiger partial charge in [-0.1, -0.05) is 46.3 Å². The summed E-state index contributed by atoms with van der Waals surface area (Å²) in [5, 5.41) is 4.87. The van der Waals surface area contributed by atoms with Crippen LogP contribution in [0.1, 0.15) is 0 Å². The van der Waals surface area contributed by atoms with Gasteiger partial charge in [0.2, 0.25) is 0 Å². The van der Waals surface area contributed by atoms with Gasteiger partial charge in [0.05, 0.1) is 0 Å². The number of rotatable bonds is 5. The number of nitrogens with zero attached hydrogens (tertiary/aromatic N) is 2. The third kappa shape index (κ3) is 3.49. The van der Waals surface area contributed by atoms with E-state index in [2.05, 4.69) is 26.2 Å².